The molecule has 6 heteroatoms. The van der Waals surface area contributed by atoms with Crippen molar-refractivity contribution in [3.63, 3.8) is 0 Å². The zero-order chi connectivity index (χ0) is 24.1. The van der Waals surface area contributed by atoms with E-state index in [4.69, 9.17) is 14.2 Å². The molecule has 0 aliphatic heterocycles. The summed E-state index contributed by atoms with van der Waals surface area (Å²) in [6, 6.07) is 21.6. The zero-order valence-corrected chi connectivity index (χ0v) is 18.8. The number of hydrogen-bond acceptors (Lipinski definition) is 3. The fourth-order valence-corrected chi connectivity index (χ4v) is 3.54. The van der Waals surface area contributed by atoms with Crippen LogP contribution < -0.4 is 14.2 Å². The second kappa shape index (κ2) is 10.3. The van der Waals surface area contributed by atoms with Gasteiger partial charge in [-0.25, -0.2) is 8.78 Å². The number of rotatable bonds is 8. The zero-order valence-electron chi connectivity index (χ0n) is 18.8. The monoisotopic (exact) mass is 464 g/mol. The minimum atomic E-state index is -1.05. The van der Waals surface area contributed by atoms with Crippen LogP contribution in [0.15, 0.2) is 78.9 Å². The van der Waals surface area contributed by atoms with Crippen LogP contribution in [-0.2, 0) is 6.61 Å². The summed E-state index contributed by atoms with van der Waals surface area (Å²) in [5.41, 5.74) is 2.95. The summed E-state index contributed by atoms with van der Waals surface area (Å²) in [5, 5.41) is 0. The van der Waals surface area contributed by atoms with Crippen molar-refractivity contribution in [2.75, 3.05) is 13.7 Å². The molecule has 3 nitrogen and oxygen atoms in total. The van der Waals surface area contributed by atoms with Gasteiger partial charge in [-0.3, -0.25) is 0 Å². The van der Waals surface area contributed by atoms with Crippen LogP contribution in [0, 0.1) is 17.5 Å². The first kappa shape index (κ1) is 23.2. The van der Waals surface area contributed by atoms with E-state index < -0.39 is 17.5 Å². The molecule has 0 radical (unpaired) electrons. The Morgan fingerprint density at radius 1 is 0.647 bits per heavy atom. The molecule has 4 rings (SSSR count). The molecule has 174 valence electrons. The third-order valence-corrected chi connectivity index (χ3v) is 5.36. The van der Waals surface area contributed by atoms with Crippen LogP contribution in [0.3, 0.4) is 0 Å². The Morgan fingerprint density at radius 3 is 1.94 bits per heavy atom. The first-order chi connectivity index (χ1) is 16.5. The average molecular weight is 464 g/mol. The van der Waals surface area contributed by atoms with Gasteiger partial charge in [0.2, 0.25) is 5.82 Å². The molecule has 0 aromatic heterocycles. The van der Waals surface area contributed by atoms with Crippen LogP contribution in [0.4, 0.5) is 13.2 Å². The molecule has 0 amide bonds. The maximum absolute atomic E-state index is 14.7. The molecule has 0 aliphatic carbocycles. The van der Waals surface area contributed by atoms with Gasteiger partial charge in [0.05, 0.1) is 13.7 Å². The largest absolute Gasteiger partial charge is 0.497 e. The number of hydrogen-bond donors (Lipinski definition) is 0. The minimum absolute atomic E-state index is 0.0517. The fourth-order valence-electron chi connectivity index (χ4n) is 3.54. The predicted octanol–water partition coefficient (Wildman–Crippen LogP) is 7.42. The van der Waals surface area contributed by atoms with Gasteiger partial charge in [-0.05, 0) is 65.6 Å². The summed E-state index contributed by atoms with van der Waals surface area (Å²) in [6.07, 6.45) is 0. The van der Waals surface area contributed by atoms with E-state index >= 15 is 0 Å². The van der Waals surface area contributed by atoms with Crippen LogP contribution in [0.25, 0.3) is 22.3 Å². The van der Waals surface area contributed by atoms with Gasteiger partial charge in [0.1, 0.15) is 12.4 Å². The fraction of sp³-hybridized carbons (Fsp3) is 0.143. The Kier molecular flexibility index (Phi) is 7.07. The molecule has 0 heterocycles. The van der Waals surface area contributed by atoms with E-state index in [2.05, 4.69) is 0 Å². The van der Waals surface area contributed by atoms with Crippen molar-refractivity contribution in [2.24, 2.45) is 0 Å². The molecule has 0 atom stereocenters. The first-order valence-corrected chi connectivity index (χ1v) is 10.8. The van der Waals surface area contributed by atoms with Gasteiger partial charge in [-0.15, -0.1) is 0 Å². The summed E-state index contributed by atoms with van der Waals surface area (Å²) in [7, 11) is 1.54. The van der Waals surface area contributed by atoms with Gasteiger partial charge in [0, 0.05) is 5.56 Å². The summed E-state index contributed by atoms with van der Waals surface area (Å²) < 4.78 is 59.3. The van der Waals surface area contributed by atoms with Crippen LogP contribution >= 0.6 is 0 Å². The quantitative estimate of drug-likeness (QED) is 0.272. The van der Waals surface area contributed by atoms with E-state index in [0.29, 0.717) is 23.5 Å². The van der Waals surface area contributed by atoms with Gasteiger partial charge in [0.25, 0.3) is 0 Å². The standard InChI is InChI=1S/C28H23F3O3/c1-3-33-25-14-10-21(16-24(25)29)19-6-4-18(5-7-19)17-34-26-15-13-23(27(30)28(26)31)20-8-11-22(32-2)12-9-20/h4-16H,3,17H2,1-2H3. The highest BCUT2D eigenvalue weighted by molar-refractivity contribution is 5.66. The molecule has 34 heavy (non-hydrogen) atoms. The van der Waals surface area contributed by atoms with Gasteiger partial charge in [-0.2, -0.15) is 4.39 Å². The molecule has 0 saturated carbocycles. The van der Waals surface area contributed by atoms with E-state index in [1.165, 1.54) is 25.3 Å². The van der Waals surface area contributed by atoms with E-state index in [0.717, 1.165) is 11.1 Å². The Bertz CT molecular complexity index is 1270. The van der Waals surface area contributed by atoms with Gasteiger partial charge >= 0.3 is 0 Å². The highest BCUT2D eigenvalue weighted by Gasteiger charge is 2.16. The third kappa shape index (κ3) is 5.01. The topological polar surface area (TPSA) is 27.7 Å². The molecule has 0 aliphatic rings. The van der Waals surface area contributed by atoms with Gasteiger partial charge in [-0.1, -0.05) is 42.5 Å². The molecular weight excluding hydrogens is 441 g/mol. The number of methoxy groups -OCH3 is 1. The molecule has 4 aromatic rings. The summed E-state index contributed by atoms with van der Waals surface area (Å²) >= 11 is 0. The lowest BCUT2D eigenvalue weighted by molar-refractivity contribution is 0.285. The lowest BCUT2D eigenvalue weighted by Gasteiger charge is -2.12. The Morgan fingerprint density at radius 2 is 1.29 bits per heavy atom. The normalized spacial score (nSPS) is 10.7. The molecule has 0 saturated heterocycles. The van der Waals surface area contributed by atoms with E-state index in [1.54, 1.807) is 55.5 Å². The van der Waals surface area contributed by atoms with Crippen molar-refractivity contribution in [1.82, 2.24) is 0 Å². The van der Waals surface area contributed by atoms with Crippen LogP contribution in [-0.4, -0.2) is 13.7 Å². The lowest BCUT2D eigenvalue weighted by Crippen LogP contribution is -2.00. The third-order valence-electron chi connectivity index (χ3n) is 5.36. The maximum Gasteiger partial charge on any atom is 0.201 e. The van der Waals surface area contributed by atoms with Crippen LogP contribution in [0.1, 0.15) is 12.5 Å². The highest BCUT2D eigenvalue weighted by Crippen LogP contribution is 2.31. The average Bonchev–Trinajstić information content (AvgIpc) is 2.87. The van der Waals surface area contributed by atoms with Crippen LogP contribution in [0.5, 0.6) is 17.2 Å². The minimum Gasteiger partial charge on any atom is -0.497 e. The molecule has 0 N–H and O–H groups in total. The van der Waals surface area contributed by atoms with Crippen molar-refractivity contribution < 1.29 is 27.4 Å². The Balaban J connectivity index is 1.45. The number of ether oxygens (including phenoxy) is 3. The van der Waals surface area contributed by atoms with Gasteiger partial charge in [0.15, 0.2) is 23.1 Å². The van der Waals surface area contributed by atoms with Crippen LogP contribution in [0.2, 0.25) is 0 Å². The second-order valence-electron chi connectivity index (χ2n) is 7.53. The lowest BCUT2D eigenvalue weighted by atomic mass is 10.0. The van der Waals surface area contributed by atoms with Crippen molar-refractivity contribution >= 4 is 0 Å². The summed E-state index contributed by atoms with van der Waals surface area (Å²) in [4.78, 5) is 0. The van der Waals surface area contributed by atoms with E-state index in [1.807, 2.05) is 12.1 Å². The van der Waals surface area contributed by atoms with E-state index in [9.17, 15) is 13.2 Å². The second-order valence-corrected chi connectivity index (χ2v) is 7.53. The molecule has 0 spiro atoms. The van der Waals surface area contributed by atoms with Gasteiger partial charge < -0.3 is 14.2 Å². The number of benzene rings is 4. The Labute approximate surface area is 196 Å². The van der Waals surface area contributed by atoms with Crippen molar-refractivity contribution in [2.45, 2.75) is 13.5 Å². The van der Waals surface area contributed by atoms with Crippen molar-refractivity contribution in [3.05, 3.63) is 102 Å². The predicted molar refractivity (Wildman–Crippen MR) is 126 cm³/mol. The van der Waals surface area contributed by atoms with Crippen molar-refractivity contribution in [3.8, 4) is 39.5 Å². The van der Waals surface area contributed by atoms with E-state index in [-0.39, 0.29) is 23.7 Å². The molecular formula is C28H23F3O3. The first-order valence-electron chi connectivity index (χ1n) is 10.8. The van der Waals surface area contributed by atoms with Crippen molar-refractivity contribution in [1.29, 1.82) is 0 Å². The summed E-state index contributed by atoms with van der Waals surface area (Å²) in [6.45, 7) is 2.24. The highest BCUT2D eigenvalue weighted by atomic mass is 19.2. The smallest absolute Gasteiger partial charge is 0.201 e. The molecule has 0 bridgehead atoms. The molecule has 4 aromatic carbocycles. The Hall–Kier alpha value is -3.93. The summed E-state index contributed by atoms with van der Waals surface area (Å²) in [5.74, 6) is -1.79. The SMILES string of the molecule is CCOc1ccc(-c2ccc(COc3ccc(-c4ccc(OC)cc4)c(F)c3F)cc2)cc1F. The molecule has 0 fully saturated rings. The molecule has 0 unspecified atom stereocenters. The maximum atomic E-state index is 14.7. The number of halogens is 3.